The van der Waals surface area contributed by atoms with Crippen LogP contribution >= 0.6 is 0 Å². The fourth-order valence-electron chi connectivity index (χ4n) is 2.36. The van der Waals surface area contributed by atoms with Crippen LogP contribution in [0.1, 0.15) is 21.5 Å². The van der Waals surface area contributed by atoms with Gasteiger partial charge in [0.05, 0.1) is 26.9 Å². The molecule has 0 aliphatic rings. The van der Waals surface area contributed by atoms with Gasteiger partial charge in [-0.3, -0.25) is 4.79 Å². The molecule has 8 heteroatoms. The van der Waals surface area contributed by atoms with Crippen molar-refractivity contribution in [2.24, 2.45) is 0 Å². The second-order valence-electron chi connectivity index (χ2n) is 5.29. The van der Waals surface area contributed by atoms with Crippen molar-refractivity contribution in [3.63, 3.8) is 0 Å². The van der Waals surface area contributed by atoms with Gasteiger partial charge in [-0.1, -0.05) is 6.07 Å². The summed E-state index contributed by atoms with van der Waals surface area (Å²) >= 11 is 0. The van der Waals surface area contributed by atoms with E-state index in [1.807, 2.05) is 0 Å². The van der Waals surface area contributed by atoms with E-state index in [1.54, 1.807) is 12.1 Å². The van der Waals surface area contributed by atoms with Crippen LogP contribution in [0.5, 0.6) is 17.2 Å². The third-order valence-electron chi connectivity index (χ3n) is 3.63. The maximum atomic E-state index is 12.7. The highest BCUT2D eigenvalue weighted by Crippen LogP contribution is 2.38. The standard InChI is InChI=1S/C18H18F3NO4/c1-24-14-7-11(8-15(25-2)16(14)26-3)10-22-17(23)12-5-4-6-13(9-12)18(19,20)21/h4-9H,10H2,1-3H3,(H,22,23). The Kier molecular flexibility index (Phi) is 5.97. The van der Waals surface area contributed by atoms with Crippen molar-refractivity contribution in [1.82, 2.24) is 5.32 Å². The summed E-state index contributed by atoms with van der Waals surface area (Å²) in [5.74, 6) is 0.609. The molecule has 0 bridgehead atoms. The summed E-state index contributed by atoms with van der Waals surface area (Å²) in [4.78, 5) is 12.2. The van der Waals surface area contributed by atoms with E-state index in [-0.39, 0.29) is 12.1 Å². The van der Waals surface area contributed by atoms with Gasteiger partial charge in [0, 0.05) is 12.1 Å². The van der Waals surface area contributed by atoms with E-state index < -0.39 is 17.6 Å². The SMILES string of the molecule is COc1cc(CNC(=O)c2cccc(C(F)(F)F)c2)cc(OC)c1OC. The molecule has 0 heterocycles. The molecule has 0 radical (unpaired) electrons. The van der Waals surface area contributed by atoms with Gasteiger partial charge in [-0.25, -0.2) is 0 Å². The Hall–Kier alpha value is -2.90. The molecule has 0 fully saturated rings. The number of nitrogens with one attached hydrogen (secondary N) is 1. The number of methoxy groups -OCH3 is 3. The molecular formula is C18H18F3NO4. The van der Waals surface area contributed by atoms with Gasteiger partial charge < -0.3 is 19.5 Å². The first kappa shape index (κ1) is 19.4. The highest BCUT2D eigenvalue weighted by molar-refractivity contribution is 5.94. The maximum absolute atomic E-state index is 12.7. The molecular weight excluding hydrogens is 351 g/mol. The van der Waals surface area contributed by atoms with Crippen LogP contribution in [0.25, 0.3) is 0 Å². The predicted molar refractivity (Wildman–Crippen MR) is 88.7 cm³/mol. The van der Waals surface area contributed by atoms with E-state index in [0.29, 0.717) is 22.8 Å². The molecule has 2 aromatic carbocycles. The minimum absolute atomic E-state index is 0.0752. The minimum Gasteiger partial charge on any atom is -0.493 e. The Morgan fingerprint density at radius 3 is 2.12 bits per heavy atom. The molecule has 0 atom stereocenters. The largest absolute Gasteiger partial charge is 0.493 e. The highest BCUT2D eigenvalue weighted by Gasteiger charge is 2.30. The van der Waals surface area contributed by atoms with Crippen LogP contribution in [-0.4, -0.2) is 27.2 Å². The summed E-state index contributed by atoms with van der Waals surface area (Å²) in [5, 5.41) is 2.58. The fourth-order valence-corrected chi connectivity index (χ4v) is 2.36. The first-order valence-electron chi connectivity index (χ1n) is 7.54. The van der Waals surface area contributed by atoms with Gasteiger partial charge in [0.15, 0.2) is 11.5 Å². The number of alkyl halides is 3. The van der Waals surface area contributed by atoms with Gasteiger partial charge in [-0.15, -0.1) is 0 Å². The lowest BCUT2D eigenvalue weighted by atomic mass is 10.1. The summed E-state index contributed by atoms with van der Waals surface area (Å²) in [6, 6.07) is 7.53. The summed E-state index contributed by atoms with van der Waals surface area (Å²) in [5.41, 5.74) is -0.315. The smallest absolute Gasteiger partial charge is 0.416 e. The third kappa shape index (κ3) is 4.38. The first-order chi connectivity index (χ1) is 12.3. The van der Waals surface area contributed by atoms with Gasteiger partial charge in [0.1, 0.15) is 0 Å². The number of carbonyl (C=O) groups excluding carboxylic acids is 1. The van der Waals surface area contributed by atoms with Crippen LogP contribution in [0.4, 0.5) is 13.2 Å². The lowest BCUT2D eigenvalue weighted by Crippen LogP contribution is -2.23. The molecule has 140 valence electrons. The van der Waals surface area contributed by atoms with Crippen LogP contribution < -0.4 is 19.5 Å². The molecule has 0 aliphatic carbocycles. The number of carbonyl (C=O) groups is 1. The average molecular weight is 369 g/mol. The van der Waals surface area contributed by atoms with E-state index in [2.05, 4.69) is 5.32 Å². The lowest BCUT2D eigenvalue weighted by Gasteiger charge is -2.14. The van der Waals surface area contributed by atoms with E-state index >= 15 is 0 Å². The molecule has 0 saturated heterocycles. The fraction of sp³-hybridized carbons (Fsp3) is 0.278. The Balaban J connectivity index is 2.17. The van der Waals surface area contributed by atoms with Gasteiger partial charge in [0.25, 0.3) is 5.91 Å². The van der Waals surface area contributed by atoms with Crippen molar-refractivity contribution in [3.05, 3.63) is 53.1 Å². The first-order valence-corrected chi connectivity index (χ1v) is 7.54. The maximum Gasteiger partial charge on any atom is 0.416 e. The topological polar surface area (TPSA) is 56.8 Å². The zero-order valence-electron chi connectivity index (χ0n) is 14.4. The normalized spacial score (nSPS) is 11.0. The second-order valence-corrected chi connectivity index (χ2v) is 5.29. The van der Waals surface area contributed by atoms with E-state index in [4.69, 9.17) is 14.2 Å². The Labute approximate surface area is 148 Å². The third-order valence-corrected chi connectivity index (χ3v) is 3.63. The summed E-state index contributed by atoms with van der Waals surface area (Å²) in [7, 11) is 4.39. The molecule has 1 amide bonds. The van der Waals surface area contributed by atoms with Gasteiger partial charge >= 0.3 is 6.18 Å². The molecule has 0 spiro atoms. The van der Waals surface area contributed by atoms with E-state index in [9.17, 15) is 18.0 Å². The monoisotopic (exact) mass is 369 g/mol. The van der Waals surface area contributed by atoms with E-state index in [0.717, 1.165) is 12.1 Å². The van der Waals surface area contributed by atoms with Crippen molar-refractivity contribution < 1.29 is 32.2 Å². The zero-order chi connectivity index (χ0) is 19.3. The molecule has 2 aromatic rings. The van der Waals surface area contributed by atoms with Gasteiger partial charge in [-0.2, -0.15) is 13.2 Å². The average Bonchev–Trinajstić information content (AvgIpc) is 2.64. The molecule has 5 nitrogen and oxygen atoms in total. The molecule has 0 aliphatic heterocycles. The van der Waals surface area contributed by atoms with Gasteiger partial charge in [0.2, 0.25) is 5.75 Å². The lowest BCUT2D eigenvalue weighted by molar-refractivity contribution is -0.137. The second kappa shape index (κ2) is 7.99. The van der Waals surface area contributed by atoms with Gasteiger partial charge in [-0.05, 0) is 35.9 Å². The molecule has 26 heavy (non-hydrogen) atoms. The highest BCUT2D eigenvalue weighted by atomic mass is 19.4. The summed E-state index contributed by atoms with van der Waals surface area (Å²) in [6.07, 6.45) is -4.51. The number of benzene rings is 2. The van der Waals surface area contributed by atoms with Crippen LogP contribution in [0.2, 0.25) is 0 Å². The van der Waals surface area contributed by atoms with E-state index in [1.165, 1.54) is 33.5 Å². The van der Waals surface area contributed by atoms with Crippen molar-refractivity contribution in [1.29, 1.82) is 0 Å². The van der Waals surface area contributed by atoms with Crippen molar-refractivity contribution >= 4 is 5.91 Å². The molecule has 1 N–H and O–H groups in total. The van der Waals surface area contributed by atoms with Crippen molar-refractivity contribution in [2.75, 3.05) is 21.3 Å². The zero-order valence-corrected chi connectivity index (χ0v) is 14.4. The Bertz CT molecular complexity index is 765. The Morgan fingerprint density at radius 2 is 1.62 bits per heavy atom. The van der Waals surface area contributed by atoms with Crippen LogP contribution in [0, 0.1) is 0 Å². The minimum atomic E-state index is -4.51. The number of amides is 1. The quantitative estimate of drug-likeness (QED) is 0.844. The van der Waals surface area contributed by atoms with Crippen LogP contribution in [-0.2, 0) is 12.7 Å². The number of rotatable bonds is 6. The molecule has 0 aromatic heterocycles. The summed E-state index contributed by atoms with van der Waals surface area (Å²) < 4.78 is 53.9. The number of ether oxygens (including phenoxy) is 3. The number of halogens is 3. The van der Waals surface area contributed by atoms with Crippen molar-refractivity contribution in [2.45, 2.75) is 12.7 Å². The number of hydrogen-bond acceptors (Lipinski definition) is 4. The Morgan fingerprint density at radius 1 is 1.00 bits per heavy atom. The summed E-state index contributed by atoms with van der Waals surface area (Å²) in [6.45, 7) is 0.0752. The molecule has 0 saturated carbocycles. The predicted octanol–water partition coefficient (Wildman–Crippen LogP) is 3.66. The number of hydrogen-bond donors (Lipinski definition) is 1. The van der Waals surface area contributed by atoms with Crippen LogP contribution in [0.15, 0.2) is 36.4 Å². The molecule has 2 rings (SSSR count). The molecule has 0 unspecified atom stereocenters. The van der Waals surface area contributed by atoms with Crippen molar-refractivity contribution in [3.8, 4) is 17.2 Å². The van der Waals surface area contributed by atoms with Crippen LogP contribution in [0.3, 0.4) is 0 Å².